The fourth-order valence-corrected chi connectivity index (χ4v) is 3.10. The Kier molecular flexibility index (Phi) is 5.72. The van der Waals surface area contributed by atoms with E-state index >= 15 is 0 Å². The highest BCUT2D eigenvalue weighted by Gasteiger charge is 2.30. The average molecular weight is 403 g/mol. The summed E-state index contributed by atoms with van der Waals surface area (Å²) in [6.45, 7) is 3.60. The first-order valence-corrected chi connectivity index (χ1v) is 9.08. The van der Waals surface area contributed by atoms with Gasteiger partial charge in [0, 0.05) is 13.0 Å². The summed E-state index contributed by atoms with van der Waals surface area (Å²) < 4.78 is 39.9. The molecule has 0 aliphatic heterocycles. The molecular weight excluding hydrogens is 383 g/mol. The number of nitrogens with one attached hydrogen (secondary N) is 1. The highest BCUT2D eigenvalue weighted by atomic mass is 19.4. The van der Waals surface area contributed by atoms with Crippen molar-refractivity contribution in [2.45, 2.75) is 39.0 Å². The third-order valence-electron chi connectivity index (χ3n) is 4.73. The SMILES string of the molecule is Cc1cccc2c(=O)n(CCC(=O)NC(C)c3cccc(C(F)(F)F)c3)cnc12. The number of para-hydroxylation sites is 1. The number of halogens is 3. The zero-order valence-electron chi connectivity index (χ0n) is 16.0. The van der Waals surface area contributed by atoms with Crippen molar-refractivity contribution in [1.29, 1.82) is 0 Å². The van der Waals surface area contributed by atoms with E-state index in [0.717, 1.165) is 17.7 Å². The molecule has 0 saturated carbocycles. The van der Waals surface area contributed by atoms with Gasteiger partial charge < -0.3 is 5.32 Å². The van der Waals surface area contributed by atoms with E-state index in [-0.39, 0.29) is 24.4 Å². The van der Waals surface area contributed by atoms with Crippen LogP contribution in [0.3, 0.4) is 0 Å². The molecule has 29 heavy (non-hydrogen) atoms. The van der Waals surface area contributed by atoms with Gasteiger partial charge in [-0.15, -0.1) is 0 Å². The quantitative estimate of drug-likeness (QED) is 0.701. The first-order chi connectivity index (χ1) is 13.7. The zero-order valence-corrected chi connectivity index (χ0v) is 16.0. The van der Waals surface area contributed by atoms with Crippen molar-refractivity contribution in [3.05, 3.63) is 75.8 Å². The molecule has 1 heterocycles. The molecular formula is C21H20F3N3O2. The number of nitrogens with zero attached hydrogens (tertiary/aromatic N) is 2. The number of amides is 1. The van der Waals surface area contributed by atoms with Gasteiger partial charge >= 0.3 is 6.18 Å². The van der Waals surface area contributed by atoms with Gasteiger partial charge in [-0.05, 0) is 43.2 Å². The van der Waals surface area contributed by atoms with Crippen LogP contribution < -0.4 is 10.9 Å². The van der Waals surface area contributed by atoms with E-state index in [2.05, 4.69) is 10.3 Å². The van der Waals surface area contributed by atoms with E-state index in [0.29, 0.717) is 16.5 Å². The van der Waals surface area contributed by atoms with E-state index < -0.39 is 17.8 Å². The molecule has 3 rings (SSSR count). The predicted octanol–water partition coefficient (Wildman–Crippen LogP) is 3.99. The highest BCUT2D eigenvalue weighted by Crippen LogP contribution is 2.30. The van der Waals surface area contributed by atoms with Crippen LogP contribution in [0.1, 0.15) is 36.1 Å². The second kappa shape index (κ2) is 8.06. The minimum absolute atomic E-state index is 0.00219. The van der Waals surface area contributed by atoms with Gasteiger partial charge in [-0.3, -0.25) is 14.2 Å². The summed E-state index contributed by atoms with van der Waals surface area (Å²) in [7, 11) is 0. The Morgan fingerprint density at radius 2 is 1.93 bits per heavy atom. The van der Waals surface area contributed by atoms with Crippen LogP contribution in [0.15, 0.2) is 53.6 Å². The summed E-state index contributed by atoms with van der Waals surface area (Å²) in [6.07, 6.45) is -3.04. The second-order valence-corrected chi connectivity index (χ2v) is 6.88. The van der Waals surface area contributed by atoms with E-state index in [9.17, 15) is 22.8 Å². The minimum atomic E-state index is -4.44. The molecule has 1 amide bonds. The molecule has 1 atom stereocenters. The first kappa shape index (κ1) is 20.6. The van der Waals surface area contributed by atoms with Crippen LogP contribution in [-0.2, 0) is 17.5 Å². The molecule has 0 aliphatic carbocycles. The van der Waals surface area contributed by atoms with E-state index in [4.69, 9.17) is 0 Å². The van der Waals surface area contributed by atoms with Crippen molar-refractivity contribution in [3.8, 4) is 0 Å². The lowest BCUT2D eigenvalue weighted by atomic mass is 10.0. The van der Waals surface area contributed by atoms with Gasteiger partial charge in [-0.25, -0.2) is 4.98 Å². The molecule has 2 aromatic carbocycles. The average Bonchev–Trinajstić information content (AvgIpc) is 2.67. The Bertz CT molecular complexity index is 1110. The monoisotopic (exact) mass is 403 g/mol. The molecule has 0 aliphatic rings. The minimum Gasteiger partial charge on any atom is -0.350 e. The number of fused-ring (bicyclic) bond motifs is 1. The lowest BCUT2D eigenvalue weighted by Gasteiger charge is -2.16. The first-order valence-electron chi connectivity index (χ1n) is 9.08. The normalized spacial score (nSPS) is 12.7. The van der Waals surface area contributed by atoms with Gasteiger partial charge in [0.05, 0.1) is 28.8 Å². The summed E-state index contributed by atoms with van der Waals surface area (Å²) in [5.41, 5.74) is 0.863. The number of carbonyl (C=O) groups excluding carboxylic acids is 1. The van der Waals surface area contributed by atoms with Crippen molar-refractivity contribution >= 4 is 16.8 Å². The summed E-state index contributed by atoms with van der Waals surface area (Å²) >= 11 is 0. The van der Waals surface area contributed by atoms with Gasteiger partial charge in [0.15, 0.2) is 0 Å². The molecule has 8 heteroatoms. The number of aromatic nitrogens is 2. The predicted molar refractivity (Wildman–Crippen MR) is 103 cm³/mol. The van der Waals surface area contributed by atoms with Crippen LogP contribution in [0.2, 0.25) is 0 Å². The van der Waals surface area contributed by atoms with Crippen molar-refractivity contribution in [1.82, 2.24) is 14.9 Å². The van der Waals surface area contributed by atoms with E-state index in [1.54, 1.807) is 19.1 Å². The number of alkyl halides is 3. The second-order valence-electron chi connectivity index (χ2n) is 6.88. The lowest BCUT2D eigenvalue weighted by Crippen LogP contribution is -2.29. The van der Waals surface area contributed by atoms with Gasteiger partial charge in [-0.2, -0.15) is 13.2 Å². The molecule has 152 valence electrons. The smallest absolute Gasteiger partial charge is 0.350 e. The Morgan fingerprint density at radius 3 is 2.66 bits per heavy atom. The molecule has 0 spiro atoms. The van der Waals surface area contributed by atoms with Crippen LogP contribution in [0.4, 0.5) is 13.2 Å². The maximum Gasteiger partial charge on any atom is 0.416 e. The number of benzene rings is 2. The maximum atomic E-state index is 12.9. The summed E-state index contributed by atoms with van der Waals surface area (Å²) in [4.78, 5) is 29.1. The third kappa shape index (κ3) is 4.64. The highest BCUT2D eigenvalue weighted by molar-refractivity contribution is 5.80. The number of hydrogen-bond acceptors (Lipinski definition) is 3. The lowest BCUT2D eigenvalue weighted by molar-refractivity contribution is -0.137. The summed E-state index contributed by atoms with van der Waals surface area (Å²) in [5.74, 6) is -0.369. The van der Waals surface area contributed by atoms with Gasteiger partial charge in [-0.1, -0.05) is 24.3 Å². The van der Waals surface area contributed by atoms with Crippen LogP contribution in [-0.4, -0.2) is 15.5 Å². The zero-order chi connectivity index (χ0) is 21.2. The number of aryl methyl sites for hydroxylation is 2. The van der Waals surface area contributed by atoms with Gasteiger partial charge in [0.25, 0.3) is 5.56 Å². The van der Waals surface area contributed by atoms with Crippen LogP contribution in [0.5, 0.6) is 0 Å². The van der Waals surface area contributed by atoms with E-state index in [1.165, 1.54) is 23.0 Å². The number of hydrogen-bond donors (Lipinski definition) is 1. The summed E-state index contributed by atoms with van der Waals surface area (Å²) in [5, 5.41) is 3.15. The fourth-order valence-electron chi connectivity index (χ4n) is 3.10. The molecule has 0 fully saturated rings. The number of rotatable bonds is 5. The molecule has 0 bridgehead atoms. The molecule has 1 unspecified atom stereocenters. The van der Waals surface area contributed by atoms with Gasteiger partial charge in [0.2, 0.25) is 5.91 Å². The Hall–Kier alpha value is -3.16. The molecule has 1 aromatic heterocycles. The van der Waals surface area contributed by atoms with Crippen LogP contribution in [0.25, 0.3) is 10.9 Å². The van der Waals surface area contributed by atoms with Crippen molar-refractivity contribution in [3.63, 3.8) is 0 Å². The molecule has 3 aromatic rings. The molecule has 0 radical (unpaired) electrons. The fraction of sp³-hybridized carbons (Fsp3) is 0.286. The Labute approximate surface area is 165 Å². The van der Waals surface area contributed by atoms with Crippen LogP contribution >= 0.6 is 0 Å². The standard InChI is InChI=1S/C21H20F3N3O2/c1-13-5-3-8-17-19(13)25-12-27(20(17)29)10-9-18(28)26-14(2)15-6-4-7-16(11-15)21(22,23)24/h3-8,11-12,14H,9-10H2,1-2H3,(H,26,28). The molecule has 1 N–H and O–H groups in total. The Morgan fingerprint density at radius 1 is 1.21 bits per heavy atom. The largest absolute Gasteiger partial charge is 0.416 e. The Balaban J connectivity index is 1.67. The van der Waals surface area contributed by atoms with Crippen molar-refractivity contribution in [2.75, 3.05) is 0 Å². The number of carbonyl (C=O) groups is 1. The molecule has 0 saturated heterocycles. The maximum absolute atomic E-state index is 12.9. The molecule has 5 nitrogen and oxygen atoms in total. The van der Waals surface area contributed by atoms with E-state index in [1.807, 2.05) is 13.0 Å². The van der Waals surface area contributed by atoms with Crippen molar-refractivity contribution < 1.29 is 18.0 Å². The van der Waals surface area contributed by atoms with Crippen LogP contribution in [0, 0.1) is 6.92 Å². The van der Waals surface area contributed by atoms with Crippen molar-refractivity contribution in [2.24, 2.45) is 0 Å². The van der Waals surface area contributed by atoms with Gasteiger partial charge in [0.1, 0.15) is 0 Å². The topological polar surface area (TPSA) is 64.0 Å². The summed E-state index contributed by atoms with van der Waals surface area (Å²) in [6, 6.07) is 9.56. The third-order valence-corrected chi connectivity index (χ3v) is 4.73.